The molecular formula is C14H18N2O. The topological polar surface area (TPSA) is 27.1 Å². The van der Waals surface area contributed by atoms with E-state index < -0.39 is 0 Å². The van der Waals surface area contributed by atoms with Crippen molar-refractivity contribution in [3.8, 4) is 11.4 Å². The molecule has 0 spiro atoms. The highest BCUT2D eigenvalue weighted by Crippen LogP contribution is 2.21. The van der Waals surface area contributed by atoms with Crippen molar-refractivity contribution < 1.29 is 4.74 Å². The molecule has 0 fully saturated rings. The average Bonchev–Trinajstić information content (AvgIpc) is 2.76. The van der Waals surface area contributed by atoms with Crippen molar-refractivity contribution in [3.05, 3.63) is 42.2 Å². The number of hydrogen-bond acceptors (Lipinski definition) is 2. The zero-order chi connectivity index (χ0) is 12.3. The Bertz CT molecular complexity index is 473. The summed E-state index contributed by atoms with van der Waals surface area (Å²) in [5.41, 5.74) is 2.33. The van der Waals surface area contributed by atoms with Gasteiger partial charge in [0.25, 0.3) is 0 Å². The van der Waals surface area contributed by atoms with Crippen molar-refractivity contribution in [2.45, 2.75) is 20.0 Å². The Balaban J connectivity index is 2.21. The molecule has 3 heteroatoms. The van der Waals surface area contributed by atoms with Crippen LogP contribution >= 0.6 is 0 Å². The van der Waals surface area contributed by atoms with Crippen LogP contribution in [0.4, 0.5) is 0 Å². The highest BCUT2D eigenvalue weighted by atomic mass is 16.5. The minimum Gasteiger partial charge on any atom is -0.374 e. The van der Waals surface area contributed by atoms with E-state index in [1.165, 1.54) is 5.56 Å². The van der Waals surface area contributed by atoms with E-state index >= 15 is 0 Å². The third-order valence-corrected chi connectivity index (χ3v) is 2.88. The number of aromatic nitrogens is 2. The predicted octanol–water partition coefficient (Wildman–Crippen LogP) is 3.18. The molecule has 1 atom stereocenters. The normalized spacial score (nSPS) is 12.6. The zero-order valence-electron chi connectivity index (χ0n) is 10.6. The lowest BCUT2D eigenvalue weighted by atomic mass is 10.1. The summed E-state index contributed by atoms with van der Waals surface area (Å²) in [5, 5.41) is 0. The number of ether oxygens (including phenoxy) is 1. The van der Waals surface area contributed by atoms with Crippen LogP contribution in [-0.4, -0.2) is 16.2 Å². The van der Waals surface area contributed by atoms with Crippen LogP contribution in [0.2, 0.25) is 0 Å². The van der Waals surface area contributed by atoms with Gasteiger partial charge >= 0.3 is 0 Å². The fourth-order valence-corrected chi connectivity index (χ4v) is 1.89. The smallest absolute Gasteiger partial charge is 0.139 e. The predicted molar refractivity (Wildman–Crippen MR) is 68.7 cm³/mol. The molecule has 0 unspecified atom stereocenters. The van der Waals surface area contributed by atoms with Gasteiger partial charge in [0, 0.05) is 31.6 Å². The molecule has 0 aliphatic heterocycles. The van der Waals surface area contributed by atoms with E-state index in [0.29, 0.717) is 0 Å². The van der Waals surface area contributed by atoms with Crippen LogP contribution in [-0.2, 0) is 11.8 Å². The lowest BCUT2D eigenvalue weighted by Gasteiger charge is -2.12. The fraction of sp³-hybridized carbons (Fsp3) is 0.357. The Labute approximate surface area is 102 Å². The standard InChI is InChI=1S/C14H18N2O/c1-4-17-11(2)12-5-7-13(8-6-12)14-15-9-10-16(14)3/h5-11H,4H2,1-3H3/t11-/m1/s1. The van der Waals surface area contributed by atoms with Crippen LogP contribution in [0.15, 0.2) is 36.7 Å². The van der Waals surface area contributed by atoms with Gasteiger partial charge in [-0.05, 0) is 19.4 Å². The van der Waals surface area contributed by atoms with Crippen molar-refractivity contribution >= 4 is 0 Å². The Morgan fingerprint density at radius 1 is 1.29 bits per heavy atom. The molecule has 0 radical (unpaired) electrons. The lowest BCUT2D eigenvalue weighted by Crippen LogP contribution is -1.99. The van der Waals surface area contributed by atoms with Crippen LogP contribution in [0.5, 0.6) is 0 Å². The van der Waals surface area contributed by atoms with E-state index in [1.807, 2.05) is 30.9 Å². The lowest BCUT2D eigenvalue weighted by molar-refractivity contribution is 0.0764. The molecular weight excluding hydrogens is 212 g/mol. The molecule has 17 heavy (non-hydrogen) atoms. The molecule has 0 bridgehead atoms. The SMILES string of the molecule is CCO[C@H](C)c1ccc(-c2nccn2C)cc1. The first-order valence-electron chi connectivity index (χ1n) is 5.91. The van der Waals surface area contributed by atoms with Crippen LogP contribution in [0.3, 0.4) is 0 Å². The number of rotatable bonds is 4. The average molecular weight is 230 g/mol. The summed E-state index contributed by atoms with van der Waals surface area (Å²) >= 11 is 0. The maximum absolute atomic E-state index is 5.56. The number of imidazole rings is 1. The Morgan fingerprint density at radius 3 is 2.53 bits per heavy atom. The first kappa shape index (κ1) is 11.9. The van der Waals surface area contributed by atoms with Gasteiger partial charge in [0.2, 0.25) is 0 Å². The molecule has 0 amide bonds. The summed E-state index contributed by atoms with van der Waals surface area (Å²) < 4.78 is 7.58. The molecule has 1 aromatic carbocycles. The molecule has 1 aromatic heterocycles. The molecule has 0 N–H and O–H groups in total. The van der Waals surface area contributed by atoms with Gasteiger partial charge < -0.3 is 9.30 Å². The van der Waals surface area contributed by atoms with Gasteiger partial charge in [-0.25, -0.2) is 4.98 Å². The van der Waals surface area contributed by atoms with Gasteiger partial charge in [0.1, 0.15) is 5.82 Å². The van der Waals surface area contributed by atoms with Crippen molar-refractivity contribution in [1.29, 1.82) is 0 Å². The van der Waals surface area contributed by atoms with Crippen molar-refractivity contribution in [2.24, 2.45) is 7.05 Å². The van der Waals surface area contributed by atoms with Crippen LogP contribution in [0.25, 0.3) is 11.4 Å². The van der Waals surface area contributed by atoms with E-state index in [1.54, 1.807) is 0 Å². The molecule has 0 aliphatic carbocycles. The third kappa shape index (κ3) is 2.56. The second-order valence-corrected chi connectivity index (χ2v) is 4.08. The van der Waals surface area contributed by atoms with Crippen molar-refractivity contribution in [3.63, 3.8) is 0 Å². The highest BCUT2D eigenvalue weighted by molar-refractivity contribution is 5.56. The first-order valence-corrected chi connectivity index (χ1v) is 5.91. The third-order valence-electron chi connectivity index (χ3n) is 2.88. The summed E-state index contributed by atoms with van der Waals surface area (Å²) in [6.45, 7) is 4.82. The summed E-state index contributed by atoms with van der Waals surface area (Å²) in [6.07, 6.45) is 3.91. The fourth-order valence-electron chi connectivity index (χ4n) is 1.89. The molecule has 90 valence electrons. The van der Waals surface area contributed by atoms with Crippen LogP contribution in [0.1, 0.15) is 25.5 Å². The van der Waals surface area contributed by atoms with Gasteiger partial charge in [-0.15, -0.1) is 0 Å². The Kier molecular flexibility index (Phi) is 3.59. The number of benzene rings is 1. The summed E-state index contributed by atoms with van der Waals surface area (Å²) in [6, 6.07) is 8.38. The molecule has 2 rings (SSSR count). The highest BCUT2D eigenvalue weighted by Gasteiger charge is 2.06. The van der Waals surface area contributed by atoms with Crippen molar-refractivity contribution in [2.75, 3.05) is 6.61 Å². The molecule has 0 saturated carbocycles. The van der Waals surface area contributed by atoms with Gasteiger partial charge in [-0.3, -0.25) is 0 Å². The first-order chi connectivity index (χ1) is 8.22. The van der Waals surface area contributed by atoms with Gasteiger partial charge in [0.15, 0.2) is 0 Å². The van der Waals surface area contributed by atoms with Crippen LogP contribution in [0, 0.1) is 0 Å². The maximum Gasteiger partial charge on any atom is 0.139 e. The molecule has 2 aromatic rings. The minimum atomic E-state index is 0.149. The second kappa shape index (κ2) is 5.15. The van der Waals surface area contributed by atoms with Crippen LogP contribution < -0.4 is 0 Å². The zero-order valence-corrected chi connectivity index (χ0v) is 10.6. The second-order valence-electron chi connectivity index (χ2n) is 4.08. The molecule has 0 aliphatic rings. The summed E-state index contributed by atoms with van der Waals surface area (Å²) in [7, 11) is 2.00. The summed E-state index contributed by atoms with van der Waals surface area (Å²) in [5.74, 6) is 0.987. The number of hydrogen-bond donors (Lipinski definition) is 0. The van der Waals surface area contributed by atoms with Gasteiger partial charge in [-0.2, -0.15) is 0 Å². The molecule has 0 saturated heterocycles. The quantitative estimate of drug-likeness (QED) is 0.806. The monoisotopic (exact) mass is 230 g/mol. The number of aryl methyl sites for hydroxylation is 1. The Morgan fingerprint density at radius 2 is 2.00 bits per heavy atom. The summed E-state index contributed by atoms with van der Waals surface area (Å²) in [4.78, 5) is 4.33. The maximum atomic E-state index is 5.56. The number of nitrogens with zero attached hydrogens (tertiary/aromatic N) is 2. The largest absolute Gasteiger partial charge is 0.374 e. The van der Waals surface area contributed by atoms with Gasteiger partial charge in [-0.1, -0.05) is 24.3 Å². The molecule has 3 nitrogen and oxygen atoms in total. The van der Waals surface area contributed by atoms with E-state index in [4.69, 9.17) is 4.74 Å². The Hall–Kier alpha value is -1.61. The van der Waals surface area contributed by atoms with Gasteiger partial charge in [0.05, 0.1) is 6.10 Å². The molecule has 1 heterocycles. The van der Waals surface area contributed by atoms with E-state index in [-0.39, 0.29) is 6.10 Å². The minimum absolute atomic E-state index is 0.149. The van der Waals surface area contributed by atoms with E-state index in [9.17, 15) is 0 Å². The van der Waals surface area contributed by atoms with E-state index in [0.717, 1.165) is 18.0 Å². The van der Waals surface area contributed by atoms with E-state index in [2.05, 4.69) is 36.2 Å². The van der Waals surface area contributed by atoms with Crippen molar-refractivity contribution in [1.82, 2.24) is 9.55 Å².